The van der Waals surface area contributed by atoms with Crippen LogP contribution in [0.1, 0.15) is 91.0 Å². The van der Waals surface area contributed by atoms with Crippen molar-refractivity contribution in [3.8, 4) is 5.75 Å². The summed E-state index contributed by atoms with van der Waals surface area (Å²) in [5.74, 6) is -0.0506. The van der Waals surface area contributed by atoms with Gasteiger partial charge < -0.3 is 19.3 Å². The Bertz CT molecular complexity index is 647. The monoisotopic (exact) mass is 450 g/mol. The second-order valence-corrected chi connectivity index (χ2v) is 9.17. The zero-order valence-corrected chi connectivity index (χ0v) is 20.4. The van der Waals surface area contributed by atoms with E-state index in [0.29, 0.717) is 12.8 Å². The smallest absolute Gasteiger partial charge is 0.334 e. The van der Waals surface area contributed by atoms with Crippen molar-refractivity contribution in [3.63, 3.8) is 0 Å². The lowest BCUT2D eigenvalue weighted by atomic mass is 10.1. The van der Waals surface area contributed by atoms with E-state index in [1.165, 1.54) is 24.8 Å². The molecule has 6 heteroatoms. The minimum atomic E-state index is -1.12. The summed E-state index contributed by atoms with van der Waals surface area (Å²) >= 11 is 0. The van der Waals surface area contributed by atoms with Crippen LogP contribution in [0.4, 0.5) is 0 Å². The summed E-state index contributed by atoms with van der Waals surface area (Å²) in [5, 5.41) is 9.97. The zero-order chi connectivity index (χ0) is 23.8. The maximum absolute atomic E-state index is 11.9. The number of hydrogen-bond acceptors (Lipinski definition) is 6. The first-order valence-corrected chi connectivity index (χ1v) is 12.0. The van der Waals surface area contributed by atoms with Gasteiger partial charge in [-0.05, 0) is 77.0 Å². The number of aliphatic hydroxyl groups excluding tert-OH is 1. The lowest BCUT2D eigenvalue weighted by Crippen LogP contribution is -2.25. The molecule has 0 fully saturated rings. The van der Waals surface area contributed by atoms with E-state index in [-0.39, 0.29) is 19.0 Å². The molecule has 1 unspecified atom stereocenters. The van der Waals surface area contributed by atoms with Gasteiger partial charge in [0.1, 0.15) is 11.4 Å². The molecule has 1 N–H and O–H groups in total. The van der Waals surface area contributed by atoms with Crippen molar-refractivity contribution < 1.29 is 28.9 Å². The molecule has 0 amide bonds. The molecular weight excluding hydrogens is 408 g/mol. The number of ether oxygens (including phenoxy) is 3. The maximum Gasteiger partial charge on any atom is 0.334 e. The lowest BCUT2D eigenvalue weighted by Gasteiger charge is -2.19. The Morgan fingerprint density at radius 2 is 1.66 bits per heavy atom. The molecular formula is C26H42O6. The van der Waals surface area contributed by atoms with Crippen LogP contribution in [0, 0.1) is 0 Å². The van der Waals surface area contributed by atoms with E-state index >= 15 is 0 Å². The van der Waals surface area contributed by atoms with Gasteiger partial charge in [0.2, 0.25) is 0 Å². The van der Waals surface area contributed by atoms with Crippen LogP contribution >= 0.6 is 0 Å². The average Bonchev–Trinajstić information content (AvgIpc) is 2.73. The van der Waals surface area contributed by atoms with Crippen molar-refractivity contribution in [3.05, 3.63) is 29.8 Å². The van der Waals surface area contributed by atoms with E-state index < -0.39 is 17.7 Å². The van der Waals surface area contributed by atoms with Crippen molar-refractivity contribution >= 4 is 11.9 Å². The average molecular weight is 451 g/mol. The van der Waals surface area contributed by atoms with E-state index in [9.17, 15) is 14.7 Å². The highest BCUT2D eigenvalue weighted by molar-refractivity contribution is 5.74. The third-order valence-electron chi connectivity index (χ3n) is 4.84. The van der Waals surface area contributed by atoms with Crippen LogP contribution < -0.4 is 4.74 Å². The fourth-order valence-electron chi connectivity index (χ4n) is 3.13. The molecule has 1 rings (SSSR count). The van der Waals surface area contributed by atoms with E-state index in [0.717, 1.165) is 38.0 Å². The topological polar surface area (TPSA) is 82.1 Å². The highest BCUT2D eigenvalue weighted by atomic mass is 16.6. The summed E-state index contributed by atoms with van der Waals surface area (Å²) in [6, 6.07) is 8.13. The Labute approximate surface area is 193 Å². The fourth-order valence-corrected chi connectivity index (χ4v) is 3.13. The molecule has 0 aliphatic carbocycles. The molecule has 32 heavy (non-hydrogen) atoms. The number of carbonyl (C=O) groups excluding carboxylic acids is 2. The van der Waals surface area contributed by atoms with Crippen molar-refractivity contribution in [2.75, 3.05) is 13.2 Å². The number of rotatable bonds is 16. The first kappa shape index (κ1) is 28.0. The normalized spacial score (nSPS) is 12.3. The quantitative estimate of drug-likeness (QED) is 0.269. The summed E-state index contributed by atoms with van der Waals surface area (Å²) in [4.78, 5) is 23.5. The summed E-state index contributed by atoms with van der Waals surface area (Å²) in [6.07, 6.45) is 7.06. The van der Waals surface area contributed by atoms with Crippen LogP contribution in [-0.4, -0.2) is 42.0 Å². The van der Waals surface area contributed by atoms with Gasteiger partial charge in [0, 0.05) is 6.42 Å². The number of carbonyl (C=O) groups is 2. The van der Waals surface area contributed by atoms with Gasteiger partial charge >= 0.3 is 11.9 Å². The number of hydrogen-bond donors (Lipinski definition) is 1. The molecule has 1 aromatic rings. The molecule has 0 spiro atoms. The number of aliphatic hydroxyl groups is 1. The SMILES string of the molecule is CCCCCCOc1ccc(CCCCC(O)C(=O)OCCCC(=O)OC(C)(C)C)cc1. The van der Waals surface area contributed by atoms with E-state index in [4.69, 9.17) is 14.2 Å². The molecule has 0 radical (unpaired) electrons. The number of esters is 2. The maximum atomic E-state index is 11.9. The molecule has 0 heterocycles. The van der Waals surface area contributed by atoms with Crippen LogP contribution in [0.3, 0.4) is 0 Å². The molecule has 0 aromatic heterocycles. The predicted molar refractivity (Wildman–Crippen MR) is 126 cm³/mol. The Hall–Kier alpha value is -2.08. The van der Waals surface area contributed by atoms with Crippen LogP contribution in [0.5, 0.6) is 5.75 Å². The highest BCUT2D eigenvalue weighted by Gasteiger charge is 2.18. The zero-order valence-electron chi connectivity index (χ0n) is 20.4. The van der Waals surface area contributed by atoms with Crippen molar-refractivity contribution in [1.82, 2.24) is 0 Å². The summed E-state index contributed by atoms with van der Waals surface area (Å²) < 4.78 is 16.0. The predicted octanol–water partition coefficient (Wildman–Crippen LogP) is 5.38. The summed E-state index contributed by atoms with van der Waals surface area (Å²) in [7, 11) is 0. The van der Waals surface area contributed by atoms with E-state index in [2.05, 4.69) is 19.1 Å². The molecule has 0 bridgehead atoms. The van der Waals surface area contributed by atoms with Crippen molar-refractivity contribution in [1.29, 1.82) is 0 Å². The molecule has 182 valence electrons. The Balaban J connectivity index is 2.12. The van der Waals surface area contributed by atoms with Crippen LogP contribution in [0.2, 0.25) is 0 Å². The van der Waals surface area contributed by atoms with Gasteiger partial charge in [0.25, 0.3) is 0 Å². The van der Waals surface area contributed by atoms with E-state index in [1.807, 2.05) is 12.1 Å². The Morgan fingerprint density at radius 1 is 0.938 bits per heavy atom. The van der Waals surface area contributed by atoms with Crippen LogP contribution in [0.25, 0.3) is 0 Å². The van der Waals surface area contributed by atoms with Crippen LogP contribution in [-0.2, 0) is 25.5 Å². The number of aryl methyl sites for hydroxylation is 1. The molecule has 1 aromatic carbocycles. The highest BCUT2D eigenvalue weighted by Crippen LogP contribution is 2.16. The standard InChI is InChI=1S/C26H42O6/c1-5-6-7-10-19-30-22-17-15-21(16-18-22)12-8-9-13-23(27)25(29)31-20-11-14-24(28)32-26(2,3)4/h15-18,23,27H,5-14,19-20H2,1-4H3. The second kappa shape index (κ2) is 15.7. The van der Waals surface area contributed by atoms with Gasteiger partial charge in [-0.25, -0.2) is 4.79 Å². The fraction of sp³-hybridized carbons (Fsp3) is 0.692. The lowest BCUT2D eigenvalue weighted by molar-refractivity contribution is -0.158. The first-order chi connectivity index (χ1) is 15.2. The molecule has 0 saturated carbocycles. The molecule has 0 saturated heterocycles. The second-order valence-electron chi connectivity index (χ2n) is 9.17. The molecule has 1 atom stereocenters. The Kier molecular flexibility index (Phi) is 13.7. The van der Waals surface area contributed by atoms with Gasteiger partial charge in [0.15, 0.2) is 6.10 Å². The van der Waals surface area contributed by atoms with Gasteiger partial charge in [0.05, 0.1) is 13.2 Å². The van der Waals surface area contributed by atoms with Gasteiger partial charge in [-0.15, -0.1) is 0 Å². The van der Waals surface area contributed by atoms with E-state index in [1.54, 1.807) is 20.8 Å². The molecule has 0 aliphatic heterocycles. The number of unbranched alkanes of at least 4 members (excludes halogenated alkanes) is 4. The third kappa shape index (κ3) is 14.1. The number of benzene rings is 1. The third-order valence-corrected chi connectivity index (χ3v) is 4.84. The minimum Gasteiger partial charge on any atom is -0.494 e. The molecule has 0 aliphatic rings. The van der Waals surface area contributed by atoms with Crippen LogP contribution in [0.15, 0.2) is 24.3 Å². The van der Waals surface area contributed by atoms with Gasteiger partial charge in [-0.1, -0.05) is 38.3 Å². The van der Waals surface area contributed by atoms with Gasteiger partial charge in [-0.2, -0.15) is 0 Å². The first-order valence-electron chi connectivity index (χ1n) is 12.0. The summed E-state index contributed by atoms with van der Waals surface area (Å²) in [6.45, 7) is 8.48. The Morgan fingerprint density at radius 3 is 2.31 bits per heavy atom. The van der Waals surface area contributed by atoms with Gasteiger partial charge in [-0.3, -0.25) is 4.79 Å². The largest absolute Gasteiger partial charge is 0.494 e. The molecule has 6 nitrogen and oxygen atoms in total. The summed E-state index contributed by atoms with van der Waals surface area (Å²) in [5.41, 5.74) is 0.691. The van der Waals surface area contributed by atoms with Crippen molar-refractivity contribution in [2.45, 2.75) is 104 Å². The minimum absolute atomic E-state index is 0.0994. The van der Waals surface area contributed by atoms with Crippen molar-refractivity contribution in [2.24, 2.45) is 0 Å².